The van der Waals surface area contributed by atoms with Crippen LogP contribution in [0.2, 0.25) is 0 Å². The fourth-order valence-corrected chi connectivity index (χ4v) is 4.00. The van der Waals surface area contributed by atoms with Crippen LogP contribution in [0.25, 0.3) is 10.9 Å². The monoisotopic (exact) mass is 432 g/mol. The Morgan fingerprint density at radius 2 is 2.19 bits per heavy atom. The summed E-state index contributed by atoms with van der Waals surface area (Å²) in [4.78, 5) is 23.3. The quantitative estimate of drug-likeness (QED) is 0.442. The number of esters is 1. The van der Waals surface area contributed by atoms with Crippen LogP contribution in [0.4, 0.5) is 0 Å². The molecule has 7 heteroatoms. The van der Waals surface area contributed by atoms with Crippen LogP contribution in [-0.2, 0) is 9.53 Å². The van der Waals surface area contributed by atoms with E-state index < -0.39 is 0 Å². The Bertz CT molecular complexity index is 1120. The first-order chi connectivity index (χ1) is 15.6. The van der Waals surface area contributed by atoms with Gasteiger partial charge in [0.1, 0.15) is 29.1 Å². The van der Waals surface area contributed by atoms with Gasteiger partial charge in [-0.15, -0.1) is 0 Å². The highest BCUT2D eigenvalue weighted by atomic mass is 16.5. The highest BCUT2D eigenvalue weighted by Crippen LogP contribution is 2.28. The van der Waals surface area contributed by atoms with Crippen molar-refractivity contribution in [3.63, 3.8) is 0 Å². The fraction of sp³-hybridized carbons (Fsp3) is 0.320. The summed E-state index contributed by atoms with van der Waals surface area (Å²) in [5.74, 6) is 1.18. The molecule has 1 saturated heterocycles. The molecular formula is C25H28N4O3. The molecule has 1 aromatic carbocycles. The number of aromatic nitrogens is 1. The van der Waals surface area contributed by atoms with Crippen LogP contribution in [0.15, 0.2) is 71.5 Å². The Morgan fingerprint density at radius 3 is 2.97 bits per heavy atom. The summed E-state index contributed by atoms with van der Waals surface area (Å²) < 4.78 is 11.1. The smallest absolute Gasteiger partial charge is 0.323 e. The van der Waals surface area contributed by atoms with Gasteiger partial charge in [-0.2, -0.15) is 0 Å². The lowest BCUT2D eigenvalue weighted by atomic mass is 10.1. The summed E-state index contributed by atoms with van der Waals surface area (Å²) >= 11 is 0. The van der Waals surface area contributed by atoms with E-state index in [1.54, 1.807) is 7.05 Å². The molecule has 32 heavy (non-hydrogen) atoms. The first-order valence-corrected chi connectivity index (χ1v) is 10.8. The second-order valence-corrected chi connectivity index (χ2v) is 7.64. The molecule has 2 aliphatic heterocycles. The van der Waals surface area contributed by atoms with Gasteiger partial charge in [0, 0.05) is 37.3 Å². The van der Waals surface area contributed by atoms with Crippen molar-refractivity contribution >= 4 is 22.7 Å². The van der Waals surface area contributed by atoms with Crippen LogP contribution in [0.1, 0.15) is 25.5 Å². The predicted molar refractivity (Wildman–Crippen MR) is 126 cm³/mol. The average molecular weight is 433 g/mol. The SMILES string of the molecule is CCC=C1C=CC=CN1C(=NC)c1ccc2cccc(OC3CNC(C(=O)OC)C3)c2n1. The van der Waals surface area contributed by atoms with Crippen molar-refractivity contribution < 1.29 is 14.3 Å². The van der Waals surface area contributed by atoms with Gasteiger partial charge >= 0.3 is 5.97 Å². The Balaban J connectivity index is 1.64. The number of benzene rings is 1. The fourth-order valence-electron chi connectivity index (χ4n) is 4.00. The molecule has 3 heterocycles. The number of carbonyl (C=O) groups excluding carboxylic acids is 1. The Morgan fingerprint density at radius 1 is 1.31 bits per heavy atom. The van der Waals surface area contributed by atoms with Gasteiger partial charge in [0.05, 0.1) is 7.11 Å². The van der Waals surface area contributed by atoms with Crippen molar-refractivity contribution in [3.8, 4) is 5.75 Å². The minimum absolute atomic E-state index is 0.135. The maximum absolute atomic E-state index is 11.8. The van der Waals surface area contributed by atoms with Gasteiger partial charge in [-0.05, 0) is 30.7 Å². The third-order valence-electron chi connectivity index (χ3n) is 5.53. The van der Waals surface area contributed by atoms with Gasteiger partial charge in [0.25, 0.3) is 0 Å². The number of pyridine rings is 1. The van der Waals surface area contributed by atoms with Gasteiger partial charge < -0.3 is 19.7 Å². The van der Waals surface area contributed by atoms with Crippen molar-refractivity contribution in [1.29, 1.82) is 0 Å². The Kier molecular flexibility index (Phi) is 6.66. The topological polar surface area (TPSA) is 76.0 Å². The van der Waals surface area contributed by atoms with Crippen LogP contribution >= 0.6 is 0 Å². The minimum atomic E-state index is -0.343. The molecule has 0 aliphatic carbocycles. The number of hydrogen-bond acceptors (Lipinski definition) is 6. The lowest BCUT2D eigenvalue weighted by molar-refractivity contribution is -0.142. The molecule has 1 N–H and O–H groups in total. The van der Waals surface area contributed by atoms with E-state index in [1.165, 1.54) is 7.11 Å². The van der Waals surface area contributed by atoms with E-state index in [9.17, 15) is 4.79 Å². The molecule has 0 bridgehead atoms. The summed E-state index contributed by atoms with van der Waals surface area (Å²) in [6.45, 7) is 2.69. The molecule has 0 radical (unpaired) electrons. The first kappa shape index (κ1) is 21.8. The zero-order chi connectivity index (χ0) is 22.5. The summed E-state index contributed by atoms with van der Waals surface area (Å²) in [7, 11) is 3.17. The number of fused-ring (bicyclic) bond motifs is 1. The molecule has 0 spiro atoms. The van der Waals surface area contributed by atoms with Gasteiger partial charge in [0.15, 0.2) is 5.84 Å². The number of methoxy groups -OCH3 is 1. The van der Waals surface area contributed by atoms with E-state index in [4.69, 9.17) is 14.5 Å². The number of allylic oxidation sites excluding steroid dienone is 4. The van der Waals surface area contributed by atoms with Crippen LogP contribution in [0.3, 0.4) is 0 Å². The summed E-state index contributed by atoms with van der Waals surface area (Å²) in [5.41, 5.74) is 2.59. The molecule has 4 rings (SSSR count). The molecular weight excluding hydrogens is 404 g/mol. The molecule has 2 atom stereocenters. The highest BCUT2D eigenvalue weighted by molar-refractivity contribution is 6.01. The number of hydrogen-bond donors (Lipinski definition) is 1. The maximum Gasteiger partial charge on any atom is 0.323 e. The number of nitrogens with one attached hydrogen (secondary N) is 1. The van der Waals surface area contributed by atoms with Gasteiger partial charge in [-0.1, -0.05) is 37.3 Å². The number of carbonyl (C=O) groups is 1. The lowest BCUT2D eigenvalue weighted by Crippen LogP contribution is -2.31. The zero-order valence-corrected chi connectivity index (χ0v) is 18.6. The number of para-hydroxylation sites is 1. The maximum atomic E-state index is 11.8. The Hall–Kier alpha value is -3.45. The lowest BCUT2D eigenvalue weighted by Gasteiger charge is -2.25. The van der Waals surface area contributed by atoms with Crippen LogP contribution < -0.4 is 10.1 Å². The Labute approximate surface area is 188 Å². The van der Waals surface area contributed by atoms with Crippen LogP contribution in [0, 0.1) is 0 Å². The first-order valence-electron chi connectivity index (χ1n) is 10.8. The molecule has 2 aromatic rings. The average Bonchev–Trinajstić information content (AvgIpc) is 3.29. The molecule has 7 nitrogen and oxygen atoms in total. The van der Waals surface area contributed by atoms with E-state index in [1.807, 2.05) is 53.6 Å². The standard InChI is InChI=1S/C25H28N4O3/c1-4-8-18-10-5-6-14-29(18)24(26-2)20-13-12-17-9-7-11-22(23(17)28-20)32-19-15-21(27-16-19)25(30)31-3/h5-14,19,21,27H,4,15-16H2,1-3H3. The van der Waals surface area contributed by atoms with Crippen molar-refractivity contribution in [1.82, 2.24) is 15.2 Å². The normalized spacial score (nSPS) is 22.0. The minimum Gasteiger partial charge on any atom is -0.487 e. The summed E-state index contributed by atoms with van der Waals surface area (Å²) in [5, 5.41) is 4.14. The van der Waals surface area contributed by atoms with Crippen molar-refractivity contribution in [2.24, 2.45) is 4.99 Å². The molecule has 1 aromatic heterocycles. The number of amidine groups is 1. The number of rotatable bonds is 5. The van der Waals surface area contributed by atoms with E-state index in [0.717, 1.165) is 34.6 Å². The van der Waals surface area contributed by atoms with E-state index >= 15 is 0 Å². The van der Waals surface area contributed by atoms with Crippen LogP contribution in [0.5, 0.6) is 5.75 Å². The van der Waals surface area contributed by atoms with Crippen molar-refractivity contribution in [2.75, 3.05) is 20.7 Å². The summed E-state index contributed by atoms with van der Waals surface area (Å²) in [6, 6.07) is 9.55. The predicted octanol–water partition coefficient (Wildman–Crippen LogP) is 3.57. The van der Waals surface area contributed by atoms with Crippen molar-refractivity contribution in [2.45, 2.75) is 31.9 Å². The molecule has 0 saturated carbocycles. The van der Waals surface area contributed by atoms with Gasteiger partial charge in [-0.25, -0.2) is 4.98 Å². The van der Waals surface area contributed by atoms with E-state index in [-0.39, 0.29) is 18.1 Å². The molecule has 166 valence electrons. The molecule has 1 fully saturated rings. The second-order valence-electron chi connectivity index (χ2n) is 7.64. The molecule has 2 aliphatic rings. The van der Waals surface area contributed by atoms with Crippen LogP contribution in [-0.4, -0.2) is 54.5 Å². The molecule has 2 unspecified atom stereocenters. The van der Waals surface area contributed by atoms with Gasteiger partial charge in [0.2, 0.25) is 0 Å². The highest BCUT2D eigenvalue weighted by Gasteiger charge is 2.31. The third-order valence-corrected chi connectivity index (χ3v) is 5.53. The van der Waals surface area contributed by atoms with E-state index in [0.29, 0.717) is 18.7 Å². The number of ether oxygens (including phenoxy) is 2. The molecule has 0 amide bonds. The van der Waals surface area contributed by atoms with Gasteiger partial charge in [-0.3, -0.25) is 9.79 Å². The number of nitrogens with zero attached hydrogens (tertiary/aromatic N) is 3. The van der Waals surface area contributed by atoms with E-state index in [2.05, 4.69) is 29.4 Å². The van der Waals surface area contributed by atoms with Crippen molar-refractivity contribution in [3.05, 3.63) is 72.2 Å². The summed E-state index contributed by atoms with van der Waals surface area (Å²) in [6.07, 6.45) is 11.6. The zero-order valence-electron chi connectivity index (χ0n) is 18.6. The second kappa shape index (κ2) is 9.78. The number of aliphatic imine (C=N–C) groups is 1. The third kappa shape index (κ3) is 4.43. The largest absolute Gasteiger partial charge is 0.487 e.